The smallest absolute Gasteiger partial charge is 0.273 e. The number of rotatable bonds is 5. The number of aromatic nitrogens is 1. The number of anilines is 2. The molecule has 0 bridgehead atoms. The van der Waals surface area contributed by atoms with Gasteiger partial charge in [-0.25, -0.2) is 13.8 Å². The molecule has 0 unspecified atom stereocenters. The lowest BCUT2D eigenvalue weighted by Gasteiger charge is -2.26. The van der Waals surface area contributed by atoms with E-state index in [2.05, 4.69) is 10.3 Å². The molecular weight excluding hydrogens is 410 g/mol. The maximum absolute atomic E-state index is 14.1. The molecule has 0 aliphatic carbocycles. The first kappa shape index (κ1) is 20.5. The Kier molecular flexibility index (Phi) is 5.63. The highest BCUT2D eigenvalue weighted by Crippen LogP contribution is 2.31. The monoisotopic (exact) mass is 428 g/mol. The number of hydrogen-bond donors (Lipinski definition) is 2. The van der Waals surface area contributed by atoms with E-state index < -0.39 is 29.0 Å². The number of amides is 2. The minimum Gasteiger partial charge on any atom is -0.419 e. The van der Waals surface area contributed by atoms with Crippen molar-refractivity contribution < 1.29 is 27.5 Å². The maximum atomic E-state index is 14.1. The van der Waals surface area contributed by atoms with Gasteiger partial charge in [-0.05, 0) is 36.4 Å². The fourth-order valence-corrected chi connectivity index (χ4v) is 3.16. The Morgan fingerprint density at radius 2 is 1.68 bits per heavy atom. The van der Waals surface area contributed by atoms with Crippen molar-refractivity contribution >= 4 is 23.4 Å². The number of nitrogens with two attached hydrogens (primary N) is 1. The lowest BCUT2D eigenvalue weighted by Crippen LogP contribution is -2.40. The minimum absolute atomic E-state index is 0.121. The average Bonchev–Trinajstić information content (AvgIpc) is 3.18. The van der Waals surface area contributed by atoms with Crippen LogP contribution in [0.3, 0.4) is 0 Å². The number of halogens is 2. The van der Waals surface area contributed by atoms with Gasteiger partial charge in [-0.2, -0.15) is 0 Å². The van der Waals surface area contributed by atoms with E-state index in [0.717, 1.165) is 12.1 Å². The van der Waals surface area contributed by atoms with E-state index in [1.807, 2.05) is 0 Å². The van der Waals surface area contributed by atoms with E-state index in [9.17, 15) is 18.4 Å². The van der Waals surface area contributed by atoms with Crippen LogP contribution in [0, 0.1) is 11.6 Å². The van der Waals surface area contributed by atoms with Crippen LogP contribution in [0.2, 0.25) is 0 Å². The average molecular weight is 428 g/mol. The molecule has 8 nitrogen and oxygen atoms in total. The Hall–Kier alpha value is -3.79. The van der Waals surface area contributed by atoms with E-state index >= 15 is 0 Å². The van der Waals surface area contributed by atoms with Crippen LogP contribution >= 0.6 is 0 Å². The first-order valence-electron chi connectivity index (χ1n) is 9.43. The van der Waals surface area contributed by atoms with Crippen LogP contribution in [-0.4, -0.2) is 48.0 Å². The van der Waals surface area contributed by atoms with E-state index in [1.165, 1.54) is 6.07 Å². The van der Waals surface area contributed by atoms with Crippen LogP contribution in [0.1, 0.15) is 20.8 Å². The van der Waals surface area contributed by atoms with E-state index in [1.54, 1.807) is 29.2 Å². The standard InChI is InChI=1S/C21H18F2N4O4/c22-14-2-1-3-15(23)16(14)19-26-17(18(24)28)20(31-19)25-13-6-4-12(5-7-13)21(29)27-8-10-30-11-9-27/h1-7,25H,8-11H2,(H2,24,28). The van der Waals surface area contributed by atoms with Crippen LogP contribution in [0.15, 0.2) is 46.9 Å². The van der Waals surface area contributed by atoms with Gasteiger partial charge in [-0.15, -0.1) is 0 Å². The van der Waals surface area contributed by atoms with Gasteiger partial charge < -0.3 is 25.1 Å². The van der Waals surface area contributed by atoms with Crippen molar-refractivity contribution in [2.45, 2.75) is 0 Å². The molecule has 31 heavy (non-hydrogen) atoms. The Bertz CT molecular complexity index is 1100. The number of primary amides is 1. The van der Waals surface area contributed by atoms with Crippen molar-refractivity contribution in [3.8, 4) is 11.5 Å². The van der Waals surface area contributed by atoms with Gasteiger partial charge in [-0.3, -0.25) is 9.59 Å². The van der Waals surface area contributed by atoms with Crippen molar-refractivity contribution in [1.82, 2.24) is 9.88 Å². The predicted molar refractivity (Wildman–Crippen MR) is 107 cm³/mol. The Morgan fingerprint density at radius 3 is 2.29 bits per heavy atom. The second kappa shape index (κ2) is 8.52. The third kappa shape index (κ3) is 4.24. The van der Waals surface area contributed by atoms with Gasteiger partial charge in [0, 0.05) is 24.3 Å². The number of carbonyl (C=O) groups is 2. The molecule has 1 saturated heterocycles. The Balaban J connectivity index is 1.58. The van der Waals surface area contributed by atoms with Crippen LogP contribution in [0.25, 0.3) is 11.5 Å². The Morgan fingerprint density at radius 1 is 1.03 bits per heavy atom. The number of morpholine rings is 1. The van der Waals surface area contributed by atoms with E-state index in [-0.39, 0.29) is 17.5 Å². The quantitative estimate of drug-likeness (QED) is 0.647. The molecule has 160 valence electrons. The summed E-state index contributed by atoms with van der Waals surface area (Å²) >= 11 is 0. The normalized spacial score (nSPS) is 13.8. The molecule has 2 aromatic carbocycles. The Labute approximate surface area is 175 Å². The first-order chi connectivity index (χ1) is 14.9. The summed E-state index contributed by atoms with van der Waals surface area (Å²) in [4.78, 5) is 29.8. The van der Waals surface area contributed by atoms with Crippen LogP contribution < -0.4 is 11.1 Å². The molecule has 3 aromatic rings. The molecule has 0 saturated carbocycles. The molecule has 3 N–H and O–H groups in total. The van der Waals surface area contributed by atoms with E-state index in [4.69, 9.17) is 14.9 Å². The maximum Gasteiger partial charge on any atom is 0.273 e. The van der Waals surface area contributed by atoms with Gasteiger partial charge >= 0.3 is 0 Å². The van der Waals surface area contributed by atoms with Crippen LogP contribution in [0.4, 0.5) is 20.4 Å². The van der Waals surface area contributed by atoms with Crippen molar-refractivity contribution in [2.75, 3.05) is 31.6 Å². The zero-order chi connectivity index (χ0) is 22.0. The third-order valence-corrected chi connectivity index (χ3v) is 4.73. The molecule has 0 atom stereocenters. The second-order valence-corrected chi connectivity index (χ2v) is 6.76. The highest BCUT2D eigenvalue weighted by molar-refractivity contribution is 5.97. The van der Waals surface area contributed by atoms with Crippen molar-refractivity contribution in [3.63, 3.8) is 0 Å². The van der Waals surface area contributed by atoms with E-state index in [0.29, 0.717) is 37.6 Å². The zero-order valence-corrected chi connectivity index (χ0v) is 16.2. The number of nitrogens with one attached hydrogen (secondary N) is 1. The molecule has 1 aromatic heterocycles. The number of ether oxygens (including phenoxy) is 1. The summed E-state index contributed by atoms with van der Waals surface area (Å²) in [5, 5.41) is 2.81. The summed E-state index contributed by atoms with van der Waals surface area (Å²) in [6.07, 6.45) is 0. The molecule has 0 spiro atoms. The number of oxazole rings is 1. The van der Waals surface area contributed by atoms with Crippen LogP contribution in [0.5, 0.6) is 0 Å². The van der Waals surface area contributed by atoms with Gasteiger partial charge in [-0.1, -0.05) is 6.07 Å². The largest absolute Gasteiger partial charge is 0.419 e. The number of carbonyl (C=O) groups excluding carboxylic acids is 2. The third-order valence-electron chi connectivity index (χ3n) is 4.73. The molecule has 2 heterocycles. The summed E-state index contributed by atoms with van der Waals surface area (Å²) in [6, 6.07) is 9.71. The van der Waals surface area contributed by atoms with Gasteiger partial charge in [0.05, 0.1) is 13.2 Å². The van der Waals surface area contributed by atoms with Gasteiger partial charge in [0.15, 0.2) is 5.69 Å². The van der Waals surface area contributed by atoms with Gasteiger partial charge in [0.25, 0.3) is 11.8 Å². The second-order valence-electron chi connectivity index (χ2n) is 6.76. The molecule has 0 radical (unpaired) electrons. The fourth-order valence-electron chi connectivity index (χ4n) is 3.16. The summed E-state index contributed by atoms with van der Waals surface area (Å²) in [5.41, 5.74) is 5.45. The van der Waals surface area contributed by atoms with Crippen molar-refractivity contribution in [2.24, 2.45) is 5.73 Å². The number of hydrogen-bond acceptors (Lipinski definition) is 6. The SMILES string of the molecule is NC(=O)c1nc(-c2c(F)cccc2F)oc1Nc1ccc(C(=O)N2CCOCC2)cc1. The molecule has 4 rings (SSSR count). The fraction of sp³-hybridized carbons (Fsp3) is 0.190. The topological polar surface area (TPSA) is 111 Å². The molecular formula is C21H18F2N4O4. The lowest BCUT2D eigenvalue weighted by atomic mass is 10.1. The van der Waals surface area contributed by atoms with Crippen LogP contribution in [-0.2, 0) is 4.74 Å². The molecule has 10 heteroatoms. The highest BCUT2D eigenvalue weighted by Gasteiger charge is 2.24. The molecule has 2 amide bonds. The lowest BCUT2D eigenvalue weighted by molar-refractivity contribution is 0.0303. The predicted octanol–water partition coefficient (Wildman–Crippen LogP) is 2.93. The summed E-state index contributed by atoms with van der Waals surface area (Å²) < 4.78 is 38.8. The summed E-state index contributed by atoms with van der Waals surface area (Å²) in [6.45, 7) is 2.04. The van der Waals surface area contributed by atoms with Crippen molar-refractivity contribution in [3.05, 3.63) is 65.4 Å². The molecule has 1 aliphatic heterocycles. The minimum atomic E-state index is -0.937. The molecule has 1 fully saturated rings. The first-order valence-corrected chi connectivity index (χ1v) is 9.43. The highest BCUT2D eigenvalue weighted by atomic mass is 19.1. The van der Waals surface area contributed by atoms with Gasteiger partial charge in [0.1, 0.15) is 17.2 Å². The number of benzene rings is 2. The zero-order valence-electron chi connectivity index (χ0n) is 16.2. The van der Waals surface area contributed by atoms with Crippen molar-refractivity contribution in [1.29, 1.82) is 0 Å². The summed E-state index contributed by atoms with van der Waals surface area (Å²) in [5.74, 6) is -3.44. The molecule has 1 aliphatic rings. The number of nitrogens with zero attached hydrogens (tertiary/aromatic N) is 2. The van der Waals surface area contributed by atoms with Gasteiger partial charge in [0.2, 0.25) is 11.8 Å². The summed E-state index contributed by atoms with van der Waals surface area (Å²) in [7, 11) is 0.